The zero-order valence-electron chi connectivity index (χ0n) is 12.0. The van der Waals surface area contributed by atoms with Gasteiger partial charge in [-0.3, -0.25) is 10.1 Å². The molecule has 0 aliphatic heterocycles. The largest absolute Gasteiger partial charge is 0.368 e. The topological polar surface area (TPSA) is 98.2 Å². The maximum Gasteiger partial charge on any atom is 0.332 e. The molecule has 20 heavy (non-hydrogen) atoms. The Labute approximate surface area is 118 Å². The molecule has 1 fully saturated rings. The summed E-state index contributed by atoms with van der Waals surface area (Å²) < 4.78 is 0. The van der Waals surface area contributed by atoms with Crippen molar-refractivity contribution < 1.29 is 4.92 Å². The lowest BCUT2D eigenvalue weighted by Crippen LogP contribution is -2.32. The maximum absolute atomic E-state index is 11.3. The standard InChI is InChI=1S/C13H21N5O2/c1-9-11(18(19)20)12(16-13(14)15-9)17(2)10-7-5-3-4-6-8-10/h10H,3-8H2,1-2H3,(H2,14,15,16). The minimum Gasteiger partial charge on any atom is -0.368 e. The molecule has 1 aromatic heterocycles. The predicted octanol–water partition coefficient (Wildman–Crippen LogP) is 2.43. The Morgan fingerprint density at radius 3 is 2.40 bits per heavy atom. The van der Waals surface area contributed by atoms with Gasteiger partial charge in [-0.2, -0.15) is 4.98 Å². The number of nitrogens with zero attached hydrogens (tertiary/aromatic N) is 4. The highest BCUT2D eigenvalue weighted by atomic mass is 16.6. The van der Waals surface area contributed by atoms with Gasteiger partial charge in [0.25, 0.3) is 0 Å². The summed E-state index contributed by atoms with van der Waals surface area (Å²) in [4.78, 5) is 20.8. The first kappa shape index (κ1) is 14.5. The van der Waals surface area contributed by atoms with Crippen LogP contribution in [0.5, 0.6) is 0 Å². The molecule has 1 aliphatic carbocycles. The van der Waals surface area contributed by atoms with Crippen LogP contribution in [0.2, 0.25) is 0 Å². The van der Waals surface area contributed by atoms with Gasteiger partial charge in [-0.25, -0.2) is 4.98 Å². The Morgan fingerprint density at radius 1 is 1.25 bits per heavy atom. The molecular formula is C13H21N5O2. The Kier molecular flexibility index (Phi) is 4.36. The molecule has 0 atom stereocenters. The molecule has 1 aliphatic rings. The zero-order chi connectivity index (χ0) is 14.7. The van der Waals surface area contributed by atoms with Gasteiger partial charge in [0.2, 0.25) is 11.8 Å². The zero-order valence-corrected chi connectivity index (χ0v) is 12.0. The van der Waals surface area contributed by atoms with Crippen molar-refractivity contribution in [2.24, 2.45) is 0 Å². The molecule has 7 nitrogen and oxygen atoms in total. The molecule has 1 saturated carbocycles. The third-order valence-corrected chi connectivity index (χ3v) is 3.95. The number of rotatable bonds is 3. The fourth-order valence-electron chi connectivity index (χ4n) is 2.85. The number of anilines is 2. The minimum atomic E-state index is -0.419. The van der Waals surface area contributed by atoms with Gasteiger partial charge in [-0.15, -0.1) is 0 Å². The van der Waals surface area contributed by atoms with Crippen LogP contribution in [0.3, 0.4) is 0 Å². The quantitative estimate of drug-likeness (QED) is 0.518. The van der Waals surface area contributed by atoms with E-state index in [4.69, 9.17) is 5.73 Å². The van der Waals surface area contributed by atoms with Crippen molar-refractivity contribution in [2.75, 3.05) is 17.7 Å². The third-order valence-electron chi connectivity index (χ3n) is 3.95. The molecule has 110 valence electrons. The second kappa shape index (κ2) is 6.02. The van der Waals surface area contributed by atoms with Crippen LogP contribution in [0.4, 0.5) is 17.5 Å². The van der Waals surface area contributed by atoms with E-state index in [2.05, 4.69) is 9.97 Å². The van der Waals surface area contributed by atoms with Gasteiger partial charge < -0.3 is 10.6 Å². The third kappa shape index (κ3) is 2.97. The van der Waals surface area contributed by atoms with Gasteiger partial charge in [0.1, 0.15) is 5.69 Å². The van der Waals surface area contributed by atoms with Gasteiger partial charge >= 0.3 is 5.69 Å². The first-order chi connectivity index (χ1) is 9.50. The van der Waals surface area contributed by atoms with E-state index >= 15 is 0 Å². The Balaban J connectivity index is 2.37. The highest BCUT2D eigenvalue weighted by Gasteiger charge is 2.28. The monoisotopic (exact) mass is 279 g/mol. The highest BCUT2D eigenvalue weighted by molar-refractivity contribution is 5.62. The van der Waals surface area contributed by atoms with E-state index in [1.165, 1.54) is 12.8 Å². The van der Waals surface area contributed by atoms with Crippen LogP contribution in [0.15, 0.2) is 0 Å². The van der Waals surface area contributed by atoms with Crippen molar-refractivity contribution in [1.29, 1.82) is 0 Å². The normalized spacial score (nSPS) is 16.7. The van der Waals surface area contributed by atoms with Crippen molar-refractivity contribution in [3.8, 4) is 0 Å². The summed E-state index contributed by atoms with van der Waals surface area (Å²) in [6.07, 6.45) is 6.85. The van der Waals surface area contributed by atoms with E-state index in [0.717, 1.165) is 25.7 Å². The van der Waals surface area contributed by atoms with Gasteiger partial charge in [0.15, 0.2) is 0 Å². The van der Waals surface area contributed by atoms with E-state index in [9.17, 15) is 10.1 Å². The average molecular weight is 279 g/mol. The number of nitrogen functional groups attached to an aromatic ring is 1. The van der Waals surface area contributed by atoms with Gasteiger partial charge in [0, 0.05) is 13.1 Å². The van der Waals surface area contributed by atoms with Crippen LogP contribution in [0.1, 0.15) is 44.2 Å². The summed E-state index contributed by atoms with van der Waals surface area (Å²) in [5.41, 5.74) is 5.94. The number of nitrogens with two attached hydrogens (primary N) is 1. The van der Waals surface area contributed by atoms with Gasteiger partial charge in [-0.1, -0.05) is 25.7 Å². The molecule has 1 heterocycles. The average Bonchev–Trinajstić information content (AvgIpc) is 2.65. The lowest BCUT2D eigenvalue weighted by Gasteiger charge is -2.28. The summed E-state index contributed by atoms with van der Waals surface area (Å²) in [5, 5.41) is 11.3. The molecule has 0 spiro atoms. The second-order valence-corrected chi connectivity index (χ2v) is 5.35. The SMILES string of the molecule is Cc1nc(N)nc(N(C)C2CCCCCC2)c1[N+](=O)[O-]. The van der Waals surface area contributed by atoms with Crippen LogP contribution < -0.4 is 10.6 Å². The summed E-state index contributed by atoms with van der Waals surface area (Å²) in [6, 6.07) is 0.282. The molecule has 0 amide bonds. The molecule has 2 N–H and O–H groups in total. The lowest BCUT2D eigenvalue weighted by atomic mass is 10.1. The van der Waals surface area contributed by atoms with Crippen molar-refractivity contribution in [3.63, 3.8) is 0 Å². The Morgan fingerprint density at radius 2 is 1.85 bits per heavy atom. The molecule has 0 aromatic carbocycles. The molecular weight excluding hydrogens is 258 g/mol. The Bertz CT molecular complexity index is 498. The molecule has 1 aromatic rings. The lowest BCUT2D eigenvalue weighted by molar-refractivity contribution is -0.385. The van der Waals surface area contributed by atoms with Crippen molar-refractivity contribution in [2.45, 2.75) is 51.5 Å². The van der Waals surface area contributed by atoms with Crippen LogP contribution >= 0.6 is 0 Å². The van der Waals surface area contributed by atoms with E-state index < -0.39 is 4.92 Å². The fraction of sp³-hybridized carbons (Fsp3) is 0.692. The molecule has 7 heteroatoms. The van der Waals surface area contributed by atoms with Gasteiger partial charge in [-0.05, 0) is 19.8 Å². The predicted molar refractivity (Wildman–Crippen MR) is 77.7 cm³/mol. The number of hydrogen-bond donors (Lipinski definition) is 1. The van der Waals surface area contributed by atoms with Gasteiger partial charge in [0.05, 0.1) is 4.92 Å². The van der Waals surface area contributed by atoms with E-state index in [1.54, 1.807) is 6.92 Å². The fourth-order valence-corrected chi connectivity index (χ4v) is 2.85. The van der Waals surface area contributed by atoms with E-state index in [0.29, 0.717) is 11.5 Å². The van der Waals surface area contributed by atoms with Crippen LogP contribution in [-0.2, 0) is 0 Å². The summed E-state index contributed by atoms with van der Waals surface area (Å²) >= 11 is 0. The molecule has 2 rings (SSSR count). The highest BCUT2D eigenvalue weighted by Crippen LogP contribution is 2.32. The van der Waals surface area contributed by atoms with Crippen molar-refractivity contribution >= 4 is 17.5 Å². The Hall–Kier alpha value is -1.92. The van der Waals surface area contributed by atoms with Crippen molar-refractivity contribution in [3.05, 3.63) is 15.8 Å². The number of aromatic nitrogens is 2. The molecule has 0 unspecified atom stereocenters. The first-order valence-electron chi connectivity index (χ1n) is 7.02. The first-order valence-corrected chi connectivity index (χ1v) is 7.02. The van der Waals surface area contributed by atoms with E-state index in [-0.39, 0.29) is 17.7 Å². The van der Waals surface area contributed by atoms with Crippen molar-refractivity contribution in [1.82, 2.24) is 9.97 Å². The molecule has 0 bridgehead atoms. The van der Waals surface area contributed by atoms with Crippen LogP contribution in [-0.4, -0.2) is 28.0 Å². The van der Waals surface area contributed by atoms with Crippen LogP contribution in [0.25, 0.3) is 0 Å². The summed E-state index contributed by atoms with van der Waals surface area (Å²) in [7, 11) is 1.87. The number of nitro groups is 1. The smallest absolute Gasteiger partial charge is 0.332 e. The minimum absolute atomic E-state index is 0.0362. The number of hydrogen-bond acceptors (Lipinski definition) is 6. The molecule has 0 saturated heterocycles. The summed E-state index contributed by atoms with van der Waals surface area (Å²) in [6.45, 7) is 1.60. The maximum atomic E-state index is 11.3. The van der Waals surface area contributed by atoms with Crippen LogP contribution in [0, 0.1) is 17.0 Å². The molecule has 0 radical (unpaired) electrons. The summed E-state index contributed by atoms with van der Waals surface area (Å²) in [5.74, 6) is 0.426. The number of aryl methyl sites for hydroxylation is 1. The van der Waals surface area contributed by atoms with E-state index in [1.807, 2.05) is 11.9 Å². The second-order valence-electron chi connectivity index (χ2n) is 5.35.